The van der Waals surface area contributed by atoms with Crippen molar-refractivity contribution in [3.05, 3.63) is 54.0 Å². The van der Waals surface area contributed by atoms with Crippen LogP contribution in [0, 0.1) is 0 Å². The van der Waals surface area contributed by atoms with E-state index in [9.17, 15) is 5.11 Å². The molecule has 0 aliphatic carbocycles. The molecule has 0 aliphatic rings. The van der Waals surface area contributed by atoms with Crippen LogP contribution in [0.25, 0.3) is 5.65 Å². The first-order chi connectivity index (χ1) is 9.26. The van der Waals surface area contributed by atoms with Crippen molar-refractivity contribution >= 4 is 5.65 Å². The smallest absolute Gasteiger partial charge is 0.164 e. The number of phenols is 1. The van der Waals surface area contributed by atoms with E-state index in [0.29, 0.717) is 6.42 Å². The maximum Gasteiger partial charge on any atom is 0.164 e. The normalized spacial score (nSPS) is 10.8. The highest BCUT2D eigenvalue weighted by Crippen LogP contribution is 2.17. The number of aromatic hydroxyl groups is 1. The number of nitrogens with zero attached hydrogens (tertiary/aromatic N) is 3. The number of hydrogen-bond acceptors (Lipinski definition) is 4. The molecule has 96 valence electrons. The molecule has 2 aromatic heterocycles. The molecule has 19 heavy (non-hydrogen) atoms. The van der Waals surface area contributed by atoms with Crippen LogP contribution in [-0.4, -0.2) is 26.8 Å². The summed E-state index contributed by atoms with van der Waals surface area (Å²) in [7, 11) is 1.62. The zero-order chi connectivity index (χ0) is 13.2. The van der Waals surface area contributed by atoms with Gasteiger partial charge in [-0.25, -0.2) is 0 Å². The van der Waals surface area contributed by atoms with E-state index in [-0.39, 0.29) is 5.75 Å². The maximum absolute atomic E-state index is 9.46. The molecule has 0 amide bonds. The van der Waals surface area contributed by atoms with E-state index < -0.39 is 0 Å². The molecule has 0 aliphatic heterocycles. The van der Waals surface area contributed by atoms with Crippen LogP contribution in [-0.2, 0) is 6.42 Å². The van der Waals surface area contributed by atoms with Gasteiger partial charge in [-0.1, -0.05) is 12.1 Å². The summed E-state index contributed by atoms with van der Waals surface area (Å²) in [5, 5.41) is 17.8. The molecule has 3 rings (SSSR count). The van der Waals surface area contributed by atoms with Gasteiger partial charge in [0.2, 0.25) is 0 Å². The van der Waals surface area contributed by atoms with Crippen LogP contribution in [0.2, 0.25) is 0 Å². The van der Waals surface area contributed by atoms with Gasteiger partial charge in [-0.15, -0.1) is 10.2 Å². The monoisotopic (exact) mass is 255 g/mol. The van der Waals surface area contributed by atoms with Crippen molar-refractivity contribution in [2.24, 2.45) is 0 Å². The third kappa shape index (κ3) is 2.22. The van der Waals surface area contributed by atoms with E-state index in [0.717, 1.165) is 22.8 Å². The molecule has 0 bridgehead atoms. The lowest BCUT2D eigenvalue weighted by Crippen LogP contribution is -1.96. The van der Waals surface area contributed by atoms with Crippen LogP contribution in [0.3, 0.4) is 0 Å². The first-order valence-corrected chi connectivity index (χ1v) is 5.92. The summed E-state index contributed by atoms with van der Waals surface area (Å²) in [5.41, 5.74) is 1.74. The van der Waals surface area contributed by atoms with Gasteiger partial charge in [-0.05, 0) is 23.8 Å². The van der Waals surface area contributed by atoms with E-state index in [1.54, 1.807) is 19.2 Å². The van der Waals surface area contributed by atoms with Crippen molar-refractivity contribution in [1.29, 1.82) is 0 Å². The molecule has 1 aromatic carbocycles. The van der Waals surface area contributed by atoms with Gasteiger partial charge >= 0.3 is 0 Å². The molecule has 0 fully saturated rings. The van der Waals surface area contributed by atoms with Crippen LogP contribution < -0.4 is 4.74 Å². The molecule has 5 heteroatoms. The number of benzene rings is 1. The van der Waals surface area contributed by atoms with Gasteiger partial charge in [0, 0.05) is 18.7 Å². The molecule has 0 unspecified atom stereocenters. The number of pyridine rings is 1. The summed E-state index contributed by atoms with van der Waals surface area (Å²) in [6.45, 7) is 0. The predicted octanol–water partition coefficient (Wildman–Crippen LogP) is 2.03. The van der Waals surface area contributed by atoms with Gasteiger partial charge in [0.1, 0.15) is 17.3 Å². The van der Waals surface area contributed by atoms with Gasteiger partial charge in [0.15, 0.2) is 5.65 Å². The summed E-state index contributed by atoms with van der Waals surface area (Å²) in [6, 6.07) is 10.8. The summed E-state index contributed by atoms with van der Waals surface area (Å²) in [5.74, 6) is 1.83. The molecule has 0 radical (unpaired) electrons. The van der Waals surface area contributed by atoms with E-state index in [1.165, 1.54) is 0 Å². The molecule has 5 nitrogen and oxygen atoms in total. The van der Waals surface area contributed by atoms with E-state index >= 15 is 0 Å². The molecule has 0 saturated carbocycles. The van der Waals surface area contributed by atoms with Crippen molar-refractivity contribution in [2.45, 2.75) is 6.42 Å². The molecule has 2 heterocycles. The Morgan fingerprint density at radius 2 is 2.11 bits per heavy atom. The number of aromatic nitrogens is 3. The highest BCUT2D eigenvalue weighted by atomic mass is 16.5. The Morgan fingerprint density at radius 1 is 1.21 bits per heavy atom. The number of phenolic OH excluding ortho intramolecular Hbond substituents is 1. The van der Waals surface area contributed by atoms with Gasteiger partial charge in [-0.2, -0.15) is 0 Å². The van der Waals surface area contributed by atoms with Crippen molar-refractivity contribution in [3.63, 3.8) is 0 Å². The van der Waals surface area contributed by atoms with E-state index in [4.69, 9.17) is 4.74 Å². The minimum Gasteiger partial charge on any atom is -0.508 e. The summed E-state index contributed by atoms with van der Waals surface area (Å²) >= 11 is 0. The highest BCUT2D eigenvalue weighted by Gasteiger charge is 2.07. The molecular weight excluding hydrogens is 242 g/mol. The summed E-state index contributed by atoms with van der Waals surface area (Å²) in [4.78, 5) is 0. The Bertz CT molecular complexity index is 722. The number of hydrogen-bond donors (Lipinski definition) is 1. The zero-order valence-corrected chi connectivity index (χ0v) is 10.4. The first-order valence-electron chi connectivity index (χ1n) is 5.92. The molecule has 0 saturated heterocycles. The van der Waals surface area contributed by atoms with Gasteiger partial charge in [0.25, 0.3) is 0 Å². The average molecular weight is 255 g/mol. The predicted molar refractivity (Wildman–Crippen MR) is 70.5 cm³/mol. The Kier molecular flexibility index (Phi) is 2.79. The number of methoxy groups -OCH3 is 1. The van der Waals surface area contributed by atoms with E-state index in [1.807, 2.05) is 34.9 Å². The Hall–Kier alpha value is -2.56. The van der Waals surface area contributed by atoms with Crippen LogP contribution in [0.4, 0.5) is 0 Å². The van der Waals surface area contributed by atoms with Gasteiger partial charge in [0.05, 0.1) is 7.11 Å². The van der Waals surface area contributed by atoms with Crippen molar-refractivity contribution in [3.8, 4) is 11.5 Å². The third-order valence-corrected chi connectivity index (χ3v) is 2.96. The van der Waals surface area contributed by atoms with E-state index in [2.05, 4.69) is 10.2 Å². The third-order valence-electron chi connectivity index (χ3n) is 2.96. The highest BCUT2D eigenvalue weighted by molar-refractivity contribution is 5.44. The lowest BCUT2D eigenvalue weighted by Gasteiger charge is -2.03. The topological polar surface area (TPSA) is 59.7 Å². The quantitative estimate of drug-likeness (QED) is 0.778. The second kappa shape index (κ2) is 4.61. The molecule has 1 N–H and O–H groups in total. The minimum atomic E-state index is 0.257. The molecule has 0 atom stereocenters. The molecule has 0 spiro atoms. The number of rotatable bonds is 3. The van der Waals surface area contributed by atoms with Crippen LogP contribution in [0.15, 0.2) is 42.6 Å². The van der Waals surface area contributed by atoms with Crippen molar-refractivity contribution in [1.82, 2.24) is 14.6 Å². The zero-order valence-electron chi connectivity index (χ0n) is 10.4. The Labute approximate surface area is 110 Å². The SMILES string of the molecule is COc1ccn2c(Cc3cccc(O)c3)nnc2c1. The largest absolute Gasteiger partial charge is 0.508 e. The van der Waals surface area contributed by atoms with Crippen LogP contribution in [0.1, 0.15) is 11.4 Å². The fourth-order valence-electron chi connectivity index (χ4n) is 2.02. The van der Waals surface area contributed by atoms with Gasteiger partial charge in [-0.3, -0.25) is 4.40 Å². The number of fused-ring (bicyclic) bond motifs is 1. The Morgan fingerprint density at radius 3 is 2.89 bits per heavy atom. The van der Waals surface area contributed by atoms with Crippen LogP contribution in [0.5, 0.6) is 11.5 Å². The summed E-state index contributed by atoms with van der Waals surface area (Å²) < 4.78 is 7.06. The van der Waals surface area contributed by atoms with Crippen molar-refractivity contribution in [2.75, 3.05) is 7.11 Å². The lowest BCUT2D eigenvalue weighted by molar-refractivity contribution is 0.414. The Balaban J connectivity index is 1.97. The fraction of sp³-hybridized carbons (Fsp3) is 0.143. The molecular formula is C14H13N3O2. The second-order valence-electron chi connectivity index (χ2n) is 4.26. The summed E-state index contributed by atoms with van der Waals surface area (Å²) in [6.07, 6.45) is 2.49. The van der Waals surface area contributed by atoms with Crippen molar-refractivity contribution < 1.29 is 9.84 Å². The molecule has 3 aromatic rings. The standard InChI is InChI=1S/C14H13N3O2/c1-19-12-5-6-17-13(15-16-14(17)9-12)8-10-3-2-4-11(18)7-10/h2-7,9,18H,8H2,1H3. The maximum atomic E-state index is 9.46. The van der Waals surface area contributed by atoms with Gasteiger partial charge < -0.3 is 9.84 Å². The fourth-order valence-corrected chi connectivity index (χ4v) is 2.02. The lowest BCUT2D eigenvalue weighted by atomic mass is 10.1. The second-order valence-corrected chi connectivity index (χ2v) is 4.26. The minimum absolute atomic E-state index is 0.257. The average Bonchev–Trinajstić information content (AvgIpc) is 2.81. The van der Waals surface area contributed by atoms with Crippen LogP contribution >= 0.6 is 0 Å². The first kappa shape index (κ1) is 11.5. The number of ether oxygens (including phenoxy) is 1.